The van der Waals surface area contributed by atoms with Gasteiger partial charge in [0.1, 0.15) is 11.0 Å². The van der Waals surface area contributed by atoms with Crippen LogP contribution in [0.15, 0.2) is 24.4 Å². The Morgan fingerprint density at radius 3 is 2.53 bits per heavy atom. The first-order valence-electron chi connectivity index (χ1n) is 6.00. The molecule has 0 N–H and O–H groups in total. The van der Waals surface area contributed by atoms with E-state index in [0.717, 1.165) is 15.0 Å². The van der Waals surface area contributed by atoms with Crippen molar-refractivity contribution >= 4 is 34.2 Å². The van der Waals surface area contributed by atoms with E-state index in [1.165, 1.54) is 0 Å². The summed E-state index contributed by atoms with van der Waals surface area (Å²) in [5.74, 6) is 0.717. The molecule has 2 heterocycles. The summed E-state index contributed by atoms with van der Waals surface area (Å²) in [7, 11) is 0. The molecule has 0 fully saturated rings. The summed E-state index contributed by atoms with van der Waals surface area (Å²) in [6, 6.07) is 5.82. The monoisotopic (exact) mass is 387 g/mol. The van der Waals surface area contributed by atoms with Crippen LogP contribution in [0.5, 0.6) is 0 Å². The quantitative estimate of drug-likeness (QED) is 0.577. The second-order valence-electron chi connectivity index (χ2n) is 5.34. The second-order valence-corrected chi connectivity index (χ2v) is 6.78. The summed E-state index contributed by atoms with van der Waals surface area (Å²) >= 11 is 8.42. The van der Waals surface area contributed by atoms with Crippen LogP contribution in [0.1, 0.15) is 38.0 Å². The fourth-order valence-corrected chi connectivity index (χ4v) is 2.94. The van der Waals surface area contributed by atoms with E-state index in [9.17, 15) is 0 Å². The Bertz CT molecular complexity index is 579. The molecule has 3 nitrogen and oxygen atoms in total. The highest BCUT2D eigenvalue weighted by atomic mass is 127. The van der Waals surface area contributed by atoms with Crippen molar-refractivity contribution in [2.24, 2.45) is 0 Å². The fourth-order valence-electron chi connectivity index (χ4n) is 1.70. The lowest BCUT2D eigenvalue weighted by molar-refractivity contribution is 0.558. The zero-order valence-electron chi connectivity index (χ0n) is 11.1. The number of aromatic nitrogens is 3. The van der Waals surface area contributed by atoms with Crippen molar-refractivity contribution in [1.82, 2.24) is 15.0 Å². The molecular formula is C14H15ClIN3. The van der Waals surface area contributed by atoms with Gasteiger partial charge in [0, 0.05) is 17.3 Å². The molecule has 0 saturated heterocycles. The van der Waals surface area contributed by atoms with Crippen molar-refractivity contribution in [2.75, 3.05) is 0 Å². The highest BCUT2D eigenvalue weighted by molar-refractivity contribution is 14.1. The van der Waals surface area contributed by atoms with E-state index in [1.54, 1.807) is 6.20 Å². The molecule has 2 aromatic heterocycles. The topological polar surface area (TPSA) is 38.7 Å². The molecule has 0 amide bonds. The van der Waals surface area contributed by atoms with Crippen molar-refractivity contribution in [2.45, 2.75) is 32.6 Å². The Labute approximate surface area is 132 Å². The summed E-state index contributed by atoms with van der Waals surface area (Å²) in [6.07, 6.45) is 2.37. The maximum absolute atomic E-state index is 6.21. The SMILES string of the molecule is CC(C)(C)c1nc(Cc2ccccn2)nc(Cl)c1I. The molecule has 0 aromatic carbocycles. The van der Waals surface area contributed by atoms with Gasteiger partial charge in [-0.1, -0.05) is 38.4 Å². The van der Waals surface area contributed by atoms with Gasteiger partial charge in [0.25, 0.3) is 0 Å². The van der Waals surface area contributed by atoms with Gasteiger partial charge in [-0.15, -0.1) is 0 Å². The van der Waals surface area contributed by atoms with Crippen LogP contribution in [-0.2, 0) is 11.8 Å². The third-order valence-electron chi connectivity index (χ3n) is 2.63. The number of rotatable bonds is 2. The summed E-state index contributed by atoms with van der Waals surface area (Å²) < 4.78 is 0.927. The average Bonchev–Trinajstić information content (AvgIpc) is 2.33. The maximum Gasteiger partial charge on any atom is 0.146 e. The molecule has 2 aromatic rings. The predicted molar refractivity (Wildman–Crippen MR) is 85.5 cm³/mol. The Kier molecular flexibility index (Phi) is 4.40. The zero-order valence-corrected chi connectivity index (χ0v) is 14.0. The first-order chi connectivity index (χ1) is 8.88. The van der Waals surface area contributed by atoms with Crippen molar-refractivity contribution in [1.29, 1.82) is 0 Å². The first kappa shape index (κ1) is 14.7. The van der Waals surface area contributed by atoms with Crippen LogP contribution in [0.4, 0.5) is 0 Å². The van der Waals surface area contributed by atoms with Gasteiger partial charge in [0.15, 0.2) is 0 Å². The third kappa shape index (κ3) is 3.63. The Morgan fingerprint density at radius 1 is 1.21 bits per heavy atom. The van der Waals surface area contributed by atoms with E-state index in [1.807, 2.05) is 18.2 Å². The van der Waals surface area contributed by atoms with Crippen LogP contribution >= 0.6 is 34.2 Å². The average molecular weight is 388 g/mol. The number of nitrogens with zero attached hydrogens (tertiary/aromatic N) is 3. The minimum Gasteiger partial charge on any atom is -0.261 e. The summed E-state index contributed by atoms with van der Waals surface area (Å²) in [5, 5.41) is 0.520. The number of pyridine rings is 1. The normalized spacial score (nSPS) is 11.6. The van der Waals surface area contributed by atoms with E-state index >= 15 is 0 Å². The van der Waals surface area contributed by atoms with Crippen LogP contribution in [0.25, 0.3) is 0 Å². The Balaban J connectivity index is 2.40. The van der Waals surface area contributed by atoms with E-state index in [2.05, 4.69) is 58.3 Å². The molecule has 100 valence electrons. The number of hydrogen-bond donors (Lipinski definition) is 0. The lowest BCUT2D eigenvalue weighted by Crippen LogP contribution is -2.18. The van der Waals surface area contributed by atoms with E-state index in [4.69, 9.17) is 11.6 Å². The minimum absolute atomic E-state index is 0.0536. The van der Waals surface area contributed by atoms with Crippen LogP contribution in [0.2, 0.25) is 5.15 Å². The lowest BCUT2D eigenvalue weighted by atomic mass is 9.92. The van der Waals surface area contributed by atoms with E-state index < -0.39 is 0 Å². The van der Waals surface area contributed by atoms with Gasteiger partial charge in [0.2, 0.25) is 0 Å². The third-order valence-corrected chi connectivity index (χ3v) is 4.25. The van der Waals surface area contributed by atoms with Crippen LogP contribution in [0, 0.1) is 3.57 Å². The molecular weight excluding hydrogens is 373 g/mol. The van der Waals surface area contributed by atoms with Crippen LogP contribution in [0.3, 0.4) is 0 Å². The molecule has 0 radical (unpaired) electrons. The van der Waals surface area contributed by atoms with Crippen molar-refractivity contribution < 1.29 is 0 Å². The molecule has 0 aliphatic heterocycles. The van der Waals surface area contributed by atoms with E-state index in [0.29, 0.717) is 17.4 Å². The standard InChI is InChI=1S/C14H15ClIN3/c1-14(2,3)12-11(16)13(15)19-10(18-12)8-9-6-4-5-7-17-9/h4-7H,8H2,1-3H3. The second kappa shape index (κ2) is 5.71. The minimum atomic E-state index is -0.0536. The molecule has 5 heteroatoms. The number of halogens is 2. The van der Waals surface area contributed by atoms with Gasteiger partial charge in [-0.3, -0.25) is 4.98 Å². The van der Waals surface area contributed by atoms with E-state index in [-0.39, 0.29) is 5.41 Å². The summed E-state index contributed by atoms with van der Waals surface area (Å²) in [6.45, 7) is 6.37. The van der Waals surface area contributed by atoms with Gasteiger partial charge < -0.3 is 0 Å². The summed E-state index contributed by atoms with van der Waals surface area (Å²) in [5.41, 5.74) is 1.88. The molecule has 0 saturated carbocycles. The molecule has 0 bridgehead atoms. The van der Waals surface area contributed by atoms with Crippen molar-refractivity contribution in [3.63, 3.8) is 0 Å². The molecule has 0 spiro atoms. The van der Waals surface area contributed by atoms with Gasteiger partial charge >= 0.3 is 0 Å². The van der Waals surface area contributed by atoms with Crippen LogP contribution in [-0.4, -0.2) is 15.0 Å². The molecule has 2 rings (SSSR count). The molecule has 0 aliphatic carbocycles. The predicted octanol–water partition coefficient (Wildman–Crippen LogP) is 4.02. The van der Waals surface area contributed by atoms with Gasteiger partial charge in [-0.05, 0) is 34.7 Å². The number of hydrogen-bond acceptors (Lipinski definition) is 3. The highest BCUT2D eigenvalue weighted by Crippen LogP contribution is 2.29. The molecule has 19 heavy (non-hydrogen) atoms. The largest absolute Gasteiger partial charge is 0.261 e. The van der Waals surface area contributed by atoms with Crippen molar-refractivity contribution in [3.8, 4) is 0 Å². The fraction of sp³-hybridized carbons (Fsp3) is 0.357. The van der Waals surface area contributed by atoms with Gasteiger partial charge in [-0.25, -0.2) is 9.97 Å². The first-order valence-corrected chi connectivity index (χ1v) is 7.46. The smallest absolute Gasteiger partial charge is 0.146 e. The molecule has 0 atom stereocenters. The summed E-state index contributed by atoms with van der Waals surface area (Å²) in [4.78, 5) is 13.3. The highest BCUT2D eigenvalue weighted by Gasteiger charge is 2.22. The Morgan fingerprint density at radius 2 is 1.95 bits per heavy atom. The van der Waals surface area contributed by atoms with Crippen LogP contribution < -0.4 is 0 Å². The lowest BCUT2D eigenvalue weighted by Gasteiger charge is -2.20. The van der Waals surface area contributed by atoms with Gasteiger partial charge in [-0.2, -0.15) is 0 Å². The van der Waals surface area contributed by atoms with Gasteiger partial charge in [0.05, 0.1) is 15.7 Å². The molecule has 0 aliphatic rings. The zero-order chi connectivity index (χ0) is 14.0. The maximum atomic E-state index is 6.21. The molecule has 0 unspecified atom stereocenters. The van der Waals surface area contributed by atoms with Crippen molar-refractivity contribution in [3.05, 3.63) is 50.3 Å². The Hall–Kier alpha value is -0.750.